The minimum Gasteiger partial charge on any atom is -0.322 e. The number of pyridine rings is 1. The molecule has 0 aromatic carbocycles. The summed E-state index contributed by atoms with van der Waals surface area (Å²) in [6.45, 7) is 2.95. The first-order valence-corrected chi connectivity index (χ1v) is 4.73. The molecule has 3 nitrogen and oxygen atoms in total. The lowest BCUT2D eigenvalue weighted by Crippen LogP contribution is -2.00. The van der Waals surface area contributed by atoms with Crippen LogP contribution in [-0.2, 0) is 0 Å². The number of Topliss-reactive ketones (excluding diaryl/α,β-unsaturated/α-hetero) is 2. The standard InChI is InChI=1S/C12H11NO2/c1-8(14)10-7-13-6-4-3-5-11(13)12(10)9(2)15/h3-7H,1-2H3. The molecule has 76 valence electrons. The van der Waals surface area contributed by atoms with Crippen LogP contribution in [0.5, 0.6) is 0 Å². The van der Waals surface area contributed by atoms with Gasteiger partial charge in [0, 0.05) is 18.0 Å². The lowest BCUT2D eigenvalue weighted by Gasteiger charge is -1.96. The zero-order valence-electron chi connectivity index (χ0n) is 8.65. The fourth-order valence-electron chi connectivity index (χ4n) is 1.76. The van der Waals surface area contributed by atoms with E-state index in [1.54, 1.807) is 10.6 Å². The molecule has 2 aromatic rings. The molecule has 0 N–H and O–H groups in total. The average Bonchev–Trinajstić information content (AvgIpc) is 2.56. The van der Waals surface area contributed by atoms with Gasteiger partial charge in [0.05, 0.1) is 11.1 Å². The smallest absolute Gasteiger partial charge is 0.162 e. The van der Waals surface area contributed by atoms with Crippen molar-refractivity contribution in [3.05, 3.63) is 41.7 Å². The van der Waals surface area contributed by atoms with Crippen molar-refractivity contribution in [2.24, 2.45) is 0 Å². The Morgan fingerprint density at radius 3 is 2.47 bits per heavy atom. The molecular formula is C12H11NO2. The van der Waals surface area contributed by atoms with Crippen LogP contribution in [0.4, 0.5) is 0 Å². The van der Waals surface area contributed by atoms with Gasteiger partial charge in [-0.15, -0.1) is 0 Å². The zero-order valence-corrected chi connectivity index (χ0v) is 8.65. The summed E-state index contributed by atoms with van der Waals surface area (Å²) in [4.78, 5) is 22.9. The van der Waals surface area contributed by atoms with E-state index in [9.17, 15) is 9.59 Å². The predicted molar refractivity (Wildman–Crippen MR) is 57.4 cm³/mol. The molecule has 0 bridgehead atoms. The molecule has 0 aliphatic carbocycles. The quantitative estimate of drug-likeness (QED) is 0.699. The molecule has 0 aliphatic heterocycles. The summed E-state index contributed by atoms with van der Waals surface area (Å²) < 4.78 is 1.80. The van der Waals surface area contributed by atoms with Crippen LogP contribution in [0.1, 0.15) is 34.6 Å². The van der Waals surface area contributed by atoms with Gasteiger partial charge < -0.3 is 4.40 Å². The van der Waals surface area contributed by atoms with Crippen LogP contribution >= 0.6 is 0 Å². The Kier molecular flexibility index (Phi) is 2.15. The summed E-state index contributed by atoms with van der Waals surface area (Å²) in [6.07, 6.45) is 3.53. The number of aromatic nitrogens is 1. The summed E-state index contributed by atoms with van der Waals surface area (Å²) in [5, 5.41) is 0. The lowest BCUT2D eigenvalue weighted by atomic mass is 10.1. The van der Waals surface area contributed by atoms with Crippen LogP contribution in [0.25, 0.3) is 5.52 Å². The summed E-state index contributed by atoms with van der Waals surface area (Å²) >= 11 is 0. The third-order valence-electron chi connectivity index (χ3n) is 2.42. The number of ketones is 2. The predicted octanol–water partition coefficient (Wildman–Crippen LogP) is 2.34. The molecule has 0 saturated carbocycles. The van der Waals surface area contributed by atoms with Gasteiger partial charge in [-0.05, 0) is 26.0 Å². The fourth-order valence-corrected chi connectivity index (χ4v) is 1.76. The average molecular weight is 201 g/mol. The maximum absolute atomic E-state index is 11.5. The first kappa shape index (κ1) is 9.65. The van der Waals surface area contributed by atoms with E-state index in [0.29, 0.717) is 11.1 Å². The highest BCUT2D eigenvalue weighted by molar-refractivity contribution is 6.12. The molecule has 0 unspecified atom stereocenters. The van der Waals surface area contributed by atoms with Gasteiger partial charge in [-0.2, -0.15) is 0 Å². The monoisotopic (exact) mass is 201 g/mol. The second-order valence-electron chi connectivity index (χ2n) is 3.52. The van der Waals surface area contributed by atoms with Crippen molar-refractivity contribution in [3.63, 3.8) is 0 Å². The Bertz CT molecular complexity index is 552. The van der Waals surface area contributed by atoms with Gasteiger partial charge in [0.25, 0.3) is 0 Å². The van der Waals surface area contributed by atoms with Gasteiger partial charge in [0.1, 0.15) is 0 Å². The Morgan fingerprint density at radius 1 is 1.13 bits per heavy atom. The van der Waals surface area contributed by atoms with Crippen molar-refractivity contribution in [2.75, 3.05) is 0 Å². The lowest BCUT2D eigenvalue weighted by molar-refractivity contribution is 0.0982. The van der Waals surface area contributed by atoms with Crippen LogP contribution in [0.2, 0.25) is 0 Å². The molecule has 2 heterocycles. The van der Waals surface area contributed by atoms with Crippen molar-refractivity contribution in [1.82, 2.24) is 4.40 Å². The summed E-state index contributed by atoms with van der Waals surface area (Å²) in [5.74, 6) is -0.155. The van der Waals surface area contributed by atoms with Gasteiger partial charge in [0.2, 0.25) is 0 Å². The van der Waals surface area contributed by atoms with E-state index in [2.05, 4.69) is 0 Å². The molecule has 0 aliphatic rings. The van der Waals surface area contributed by atoms with Crippen molar-refractivity contribution in [2.45, 2.75) is 13.8 Å². The molecule has 15 heavy (non-hydrogen) atoms. The molecule has 0 radical (unpaired) electrons. The van der Waals surface area contributed by atoms with E-state index in [0.717, 1.165) is 5.52 Å². The number of nitrogens with zero attached hydrogens (tertiary/aromatic N) is 1. The number of rotatable bonds is 2. The van der Waals surface area contributed by atoms with E-state index in [4.69, 9.17) is 0 Å². The van der Waals surface area contributed by atoms with E-state index < -0.39 is 0 Å². The minimum atomic E-state index is -0.0797. The molecule has 0 spiro atoms. The Hall–Kier alpha value is -1.90. The highest BCUT2D eigenvalue weighted by Gasteiger charge is 2.16. The topological polar surface area (TPSA) is 38.5 Å². The van der Waals surface area contributed by atoms with Crippen molar-refractivity contribution < 1.29 is 9.59 Å². The van der Waals surface area contributed by atoms with Crippen molar-refractivity contribution >= 4 is 17.1 Å². The SMILES string of the molecule is CC(=O)c1cn2ccccc2c1C(C)=O. The summed E-state index contributed by atoms with van der Waals surface area (Å²) in [6, 6.07) is 5.55. The maximum atomic E-state index is 11.5. The van der Waals surface area contributed by atoms with E-state index in [-0.39, 0.29) is 11.6 Å². The van der Waals surface area contributed by atoms with Crippen LogP contribution in [-0.4, -0.2) is 16.0 Å². The van der Waals surface area contributed by atoms with E-state index in [1.165, 1.54) is 13.8 Å². The first-order valence-electron chi connectivity index (χ1n) is 4.73. The Balaban J connectivity index is 2.86. The Morgan fingerprint density at radius 2 is 1.87 bits per heavy atom. The number of hydrogen-bond donors (Lipinski definition) is 0. The number of fused-ring (bicyclic) bond motifs is 1. The number of carbonyl (C=O) groups is 2. The molecule has 3 heteroatoms. The van der Waals surface area contributed by atoms with Crippen LogP contribution < -0.4 is 0 Å². The largest absolute Gasteiger partial charge is 0.322 e. The number of carbonyl (C=O) groups excluding carboxylic acids is 2. The van der Waals surface area contributed by atoms with Gasteiger partial charge in [-0.25, -0.2) is 0 Å². The zero-order chi connectivity index (χ0) is 11.0. The third kappa shape index (κ3) is 1.46. The van der Waals surface area contributed by atoms with Crippen molar-refractivity contribution in [1.29, 1.82) is 0 Å². The van der Waals surface area contributed by atoms with Crippen molar-refractivity contribution in [3.8, 4) is 0 Å². The highest BCUT2D eigenvalue weighted by Crippen LogP contribution is 2.19. The summed E-state index contributed by atoms with van der Waals surface area (Å²) in [7, 11) is 0. The minimum absolute atomic E-state index is 0.0751. The first-order chi connectivity index (χ1) is 7.11. The molecule has 0 saturated heterocycles. The van der Waals surface area contributed by atoms with E-state index >= 15 is 0 Å². The molecule has 2 aromatic heterocycles. The maximum Gasteiger partial charge on any atom is 0.162 e. The second kappa shape index (κ2) is 3.35. The van der Waals surface area contributed by atoms with Gasteiger partial charge in [0.15, 0.2) is 11.6 Å². The molecular weight excluding hydrogens is 190 g/mol. The van der Waals surface area contributed by atoms with Crippen LogP contribution in [0.15, 0.2) is 30.6 Å². The van der Waals surface area contributed by atoms with Gasteiger partial charge in [-0.1, -0.05) is 6.07 Å². The third-order valence-corrected chi connectivity index (χ3v) is 2.42. The van der Waals surface area contributed by atoms with Gasteiger partial charge >= 0.3 is 0 Å². The van der Waals surface area contributed by atoms with Crippen LogP contribution in [0.3, 0.4) is 0 Å². The van der Waals surface area contributed by atoms with Crippen LogP contribution in [0, 0.1) is 0 Å². The molecule has 0 fully saturated rings. The second-order valence-corrected chi connectivity index (χ2v) is 3.52. The van der Waals surface area contributed by atoms with E-state index in [1.807, 2.05) is 24.4 Å². The summed E-state index contributed by atoms with van der Waals surface area (Å²) in [5.41, 5.74) is 1.80. The highest BCUT2D eigenvalue weighted by atomic mass is 16.1. The van der Waals surface area contributed by atoms with Gasteiger partial charge in [-0.3, -0.25) is 9.59 Å². The Labute approximate surface area is 87.3 Å². The number of hydrogen-bond acceptors (Lipinski definition) is 2. The molecule has 0 atom stereocenters. The molecule has 2 rings (SSSR count). The normalized spacial score (nSPS) is 10.5. The fraction of sp³-hybridized carbons (Fsp3) is 0.167. The molecule has 0 amide bonds.